The monoisotopic (exact) mass is 172 g/mol. The van der Waals surface area contributed by atoms with E-state index in [1.165, 1.54) is 0 Å². The molecule has 0 atom stereocenters. The first-order valence-corrected chi connectivity index (χ1v) is 4.38. The summed E-state index contributed by atoms with van der Waals surface area (Å²) >= 11 is 0. The minimum atomic E-state index is -0.160. The van der Waals surface area contributed by atoms with Gasteiger partial charge in [-0.1, -0.05) is 0 Å². The van der Waals surface area contributed by atoms with Gasteiger partial charge in [-0.3, -0.25) is 0 Å². The highest BCUT2D eigenvalue weighted by molar-refractivity contribution is 5.73. The van der Waals surface area contributed by atoms with E-state index in [1.54, 1.807) is 7.05 Å². The molecule has 4 nitrogen and oxygen atoms in total. The number of hydrogen-bond acceptors (Lipinski definition) is 2. The highest BCUT2D eigenvalue weighted by Crippen LogP contribution is 2.17. The molecular formula is C8H16N2O2. The molecule has 0 radical (unpaired) electrons. The zero-order valence-electron chi connectivity index (χ0n) is 7.34. The second-order valence-corrected chi connectivity index (χ2v) is 3.23. The van der Waals surface area contributed by atoms with Gasteiger partial charge in [0.25, 0.3) is 0 Å². The second kappa shape index (κ2) is 4.30. The van der Waals surface area contributed by atoms with Crippen LogP contribution in [-0.2, 0) is 0 Å². The van der Waals surface area contributed by atoms with Crippen molar-refractivity contribution in [1.82, 2.24) is 10.6 Å². The molecule has 1 saturated carbocycles. The molecule has 1 aliphatic carbocycles. The molecule has 1 fully saturated rings. The van der Waals surface area contributed by atoms with Crippen molar-refractivity contribution in [1.29, 1.82) is 0 Å². The van der Waals surface area contributed by atoms with Crippen molar-refractivity contribution < 1.29 is 9.90 Å². The van der Waals surface area contributed by atoms with Gasteiger partial charge in [0.15, 0.2) is 0 Å². The van der Waals surface area contributed by atoms with E-state index in [1.807, 2.05) is 0 Å². The zero-order valence-corrected chi connectivity index (χ0v) is 7.34. The SMILES string of the molecule is CNC(=O)NC1CCC(O)CC1. The minimum absolute atomic E-state index is 0.128. The number of urea groups is 1. The van der Waals surface area contributed by atoms with Gasteiger partial charge < -0.3 is 15.7 Å². The van der Waals surface area contributed by atoms with Crippen LogP contribution in [0.15, 0.2) is 0 Å². The van der Waals surface area contributed by atoms with Crippen molar-refractivity contribution in [3.63, 3.8) is 0 Å². The summed E-state index contributed by atoms with van der Waals surface area (Å²) in [6.07, 6.45) is 3.21. The molecule has 0 heterocycles. The van der Waals surface area contributed by atoms with E-state index in [0.717, 1.165) is 25.7 Å². The Kier molecular flexibility index (Phi) is 3.34. The normalized spacial score (nSPS) is 29.5. The summed E-state index contributed by atoms with van der Waals surface area (Å²) in [6, 6.07) is 0.115. The molecule has 4 heteroatoms. The van der Waals surface area contributed by atoms with Crippen molar-refractivity contribution in [2.24, 2.45) is 0 Å². The van der Waals surface area contributed by atoms with Crippen LogP contribution in [-0.4, -0.2) is 30.3 Å². The smallest absolute Gasteiger partial charge is 0.314 e. The first-order valence-electron chi connectivity index (χ1n) is 4.38. The van der Waals surface area contributed by atoms with Gasteiger partial charge in [-0.2, -0.15) is 0 Å². The number of aliphatic hydroxyl groups excluding tert-OH is 1. The number of nitrogens with one attached hydrogen (secondary N) is 2. The zero-order chi connectivity index (χ0) is 8.97. The van der Waals surface area contributed by atoms with E-state index in [-0.39, 0.29) is 18.2 Å². The molecule has 0 bridgehead atoms. The van der Waals surface area contributed by atoms with Crippen LogP contribution in [0.1, 0.15) is 25.7 Å². The fraction of sp³-hybridized carbons (Fsp3) is 0.875. The maximum Gasteiger partial charge on any atom is 0.314 e. The van der Waals surface area contributed by atoms with Crippen molar-refractivity contribution in [3.05, 3.63) is 0 Å². The van der Waals surface area contributed by atoms with Crippen molar-refractivity contribution in [2.45, 2.75) is 37.8 Å². The first-order chi connectivity index (χ1) is 5.72. The van der Waals surface area contributed by atoms with Crippen LogP contribution in [0.2, 0.25) is 0 Å². The number of carbonyl (C=O) groups excluding carboxylic acids is 1. The maximum absolute atomic E-state index is 10.9. The van der Waals surface area contributed by atoms with Crippen LogP contribution in [0, 0.1) is 0 Å². The van der Waals surface area contributed by atoms with E-state index in [2.05, 4.69) is 10.6 Å². The molecule has 1 rings (SSSR count). The summed E-state index contributed by atoms with van der Waals surface area (Å²) in [5.41, 5.74) is 0. The van der Waals surface area contributed by atoms with Crippen molar-refractivity contribution >= 4 is 6.03 Å². The molecule has 0 aromatic heterocycles. The lowest BCUT2D eigenvalue weighted by Gasteiger charge is -2.25. The van der Waals surface area contributed by atoms with Crippen LogP contribution in [0.25, 0.3) is 0 Å². The molecule has 0 aromatic rings. The van der Waals surface area contributed by atoms with Gasteiger partial charge in [0, 0.05) is 13.1 Å². The molecule has 0 saturated heterocycles. The van der Waals surface area contributed by atoms with E-state index >= 15 is 0 Å². The molecule has 0 unspecified atom stereocenters. The summed E-state index contributed by atoms with van der Waals surface area (Å²) in [5, 5.41) is 14.5. The van der Waals surface area contributed by atoms with Crippen LogP contribution in [0.3, 0.4) is 0 Å². The average Bonchev–Trinajstić information content (AvgIpc) is 2.09. The number of amides is 2. The van der Waals surface area contributed by atoms with E-state index in [4.69, 9.17) is 0 Å². The van der Waals surface area contributed by atoms with E-state index in [0.29, 0.717) is 0 Å². The molecule has 0 aromatic carbocycles. The molecule has 3 N–H and O–H groups in total. The third kappa shape index (κ3) is 2.70. The number of aliphatic hydroxyl groups is 1. The Morgan fingerprint density at radius 3 is 2.42 bits per heavy atom. The van der Waals surface area contributed by atoms with Gasteiger partial charge in [0.1, 0.15) is 0 Å². The lowest BCUT2D eigenvalue weighted by atomic mass is 9.93. The Morgan fingerprint density at radius 1 is 1.33 bits per heavy atom. The molecule has 1 aliphatic rings. The molecule has 0 spiro atoms. The molecular weight excluding hydrogens is 156 g/mol. The Morgan fingerprint density at radius 2 is 1.92 bits per heavy atom. The summed E-state index contributed by atoms with van der Waals surface area (Å²) in [4.78, 5) is 10.9. The standard InChI is InChI=1S/C8H16N2O2/c1-9-8(12)10-6-2-4-7(11)5-3-6/h6-7,11H,2-5H2,1H3,(H2,9,10,12). The third-order valence-electron chi connectivity index (χ3n) is 2.26. The predicted octanol–water partition coefficient (Wildman–Crippen LogP) is 0.219. The van der Waals surface area contributed by atoms with Crippen LogP contribution >= 0.6 is 0 Å². The lowest BCUT2D eigenvalue weighted by molar-refractivity contribution is 0.118. The minimum Gasteiger partial charge on any atom is -0.393 e. The topological polar surface area (TPSA) is 61.4 Å². The predicted molar refractivity (Wildman–Crippen MR) is 45.9 cm³/mol. The fourth-order valence-corrected chi connectivity index (χ4v) is 1.48. The Bertz CT molecular complexity index is 153. The largest absolute Gasteiger partial charge is 0.393 e. The van der Waals surface area contributed by atoms with Crippen LogP contribution < -0.4 is 10.6 Å². The van der Waals surface area contributed by atoms with Gasteiger partial charge in [0.2, 0.25) is 0 Å². The Labute approximate surface area is 72.3 Å². The number of hydrogen-bond donors (Lipinski definition) is 3. The molecule has 0 aliphatic heterocycles. The lowest BCUT2D eigenvalue weighted by Crippen LogP contribution is -2.42. The summed E-state index contributed by atoms with van der Waals surface area (Å²) in [6.45, 7) is 0. The average molecular weight is 172 g/mol. The number of rotatable bonds is 1. The van der Waals surface area contributed by atoms with Gasteiger partial charge in [-0.15, -0.1) is 0 Å². The van der Waals surface area contributed by atoms with E-state index < -0.39 is 0 Å². The van der Waals surface area contributed by atoms with Crippen molar-refractivity contribution in [3.8, 4) is 0 Å². The van der Waals surface area contributed by atoms with Crippen LogP contribution in [0.5, 0.6) is 0 Å². The van der Waals surface area contributed by atoms with Crippen molar-refractivity contribution in [2.75, 3.05) is 7.05 Å². The quantitative estimate of drug-likeness (QED) is 0.530. The highest BCUT2D eigenvalue weighted by atomic mass is 16.3. The second-order valence-electron chi connectivity index (χ2n) is 3.23. The third-order valence-corrected chi connectivity index (χ3v) is 2.26. The summed E-state index contributed by atoms with van der Waals surface area (Å²) in [5.74, 6) is 0. The van der Waals surface area contributed by atoms with E-state index in [9.17, 15) is 9.90 Å². The first kappa shape index (κ1) is 9.32. The Balaban J connectivity index is 2.21. The Hall–Kier alpha value is -0.770. The van der Waals surface area contributed by atoms with Gasteiger partial charge in [-0.05, 0) is 25.7 Å². The van der Waals surface area contributed by atoms with Gasteiger partial charge >= 0.3 is 6.03 Å². The van der Waals surface area contributed by atoms with Gasteiger partial charge in [-0.25, -0.2) is 4.79 Å². The number of carbonyl (C=O) groups is 1. The summed E-state index contributed by atoms with van der Waals surface area (Å²) < 4.78 is 0. The summed E-state index contributed by atoms with van der Waals surface area (Å²) in [7, 11) is 1.60. The van der Waals surface area contributed by atoms with Gasteiger partial charge in [0.05, 0.1) is 6.10 Å². The maximum atomic E-state index is 10.9. The molecule has 2 amide bonds. The fourth-order valence-electron chi connectivity index (χ4n) is 1.48. The van der Waals surface area contributed by atoms with Crippen LogP contribution in [0.4, 0.5) is 4.79 Å². The molecule has 70 valence electrons. The molecule has 12 heavy (non-hydrogen) atoms. The highest BCUT2D eigenvalue weighted by Gasteiger charge is 2.19.